The van der Waals surface area contributed by atoms with Crippen LogP contribution in [0.3, 0.4) is 0 Å². The third-order valence-corrected chi connectivity index (χ3v) is 7.30. The Hall–Kier alpha value is -5.10. The maximum absolute atomic E-state index is 5.11. The summed E-state index contributed by atoms with van der Waals surface area (Å²) in [5.74, 6) is -0.862. The lowest BCUT2D eigenvalue weighted by Gasteiger charge is -2.16. The highest BCUT2D eigenvalue weighted by atomic mass is 15.6. The number of nitrogens with zero attached hydrogens (tertiary/aromatic N) is 6. The summed E-state index contributed by atoms with van der Waals surface area (Å²) in [6.07, 6.45) is 8.32. The minimum atomic E-state index is -0.862. The smallest absolute Gasteiger partial charge is 0.250 e. The molecule has 6 heteroatoms. The quantitative estimate of drug-likeness (QED) is 0.358. The molecule has 8 rings (SSSR count). The molecule has 0 fully saturated rings. The molecule has 2 bridgehead atoms. The van der Waals surface area contributed by atoms with Gasteiger partial charge >= 0.3 is 5.91 Å². The van der Waals surface area contributed by atoms with Crippen molar-refractivity contribution >= 4 is 0 Å². The van der Waals surface area contributed by atoms with Crippen LogP contribution < -0.4 is 18.3 Å². The van der Waals surface area contributed by atoms with Crippen molar-refractivity contribution in [1.82, 2.24) is 9.97 Å². The first kappa shape index (κ1) is 20.1. The normalized spacial score (nSPS) is 16.2. The summed E-state index contributed by atoms with van der Waals surface area (Å²) in [4.78, 5) is 9.87. The molecule has 0 saturated heterocycles. The van der Waals surface area contributed by atoms with E-state index in [0.717, 1.165) is 45.6 Å². The summed E-state index contributed by atoms with van der Waals surface area (Å²) in [6, 6.07) is 37.8. The number of fused-ring (bicyclic) bond motifs is 9. The first-order valence-corrected chi connectivity index (χ1v) is 12.4. The van der Waals surface area contributed by atoms with E-state index in [-0.39, 0.29) is 0 Å². The van der Waals surface area contributed by atoms with Gasteiger partial charge in [0.1, 0.15) is 17.1 Å². The van der Waals surface area contributed by atoms with Crippen molar-refractivity contribution in [3.05, 3.63) is 134 Å². The molecule has 37 heavy (non-hydrogen) atoms. The molecule has 6 aromatic rings. The SMILES string of the molecule is c1ccc(-c2cccc[n+]2[C@]23[n+]4ccccc4-c4cccc(n4)-c4cccc([n+]42)-c2cccc[n+]23)nc1. The maximum atomic E-state index is 5.11. The minimum Gasteiger partial charge on any atom is -0.250 e. The minimum absolute atomic E-state index is 0.862. The van der Waals surface area contributed by atoms with Crippen molar-refractivity contribution in [2.24, 2.45) is 0 Å². The van der Waals surface area contributed by atoms with Gasteiger partial charge in [-0.05, 0) is 57.7 Å². The molecule has 8 heterocycles. The van der Waals surface area contributed by atoms with Gasteiger partial charge in [0.2, 0.25) is 0 Å². The summed E-state index contributed by atoms with van der Waals surface area (Å²) in [6.45, 7) is 0. The summed E-state index contributed by atoms with van der Waals surface area (Å²) < 4.78 is 9.42. The molecule has 172 valence electrons. The van der Waals surface area contributed by atoms with E-state index in [4.69, 9.17) is 9.97 Å². The fourth-order valence-electron chi connectivity index (χ4n) is 5.88. The Morgan fingerprint density at radius 3 is 1.65 bits per heavy atom. The van der Waals surface area contributed by atoms with Crippen LogP contribution in [-0.4, -0.2) is 9.97 Å². The summed E-state index contributed by atoms with van der Waals surface area (Å²) in [7, 11) is 0. The average Bonchev–Trinajstić information content (AvgIpc) is 3.28. The molecule has 0 radical (unpaired) electrons. The Labute approximate surface area is 213 Å². The summed E-state index contributed by atoms with van der Waals surface area (Å²) >= 11 is 0. The van der Waals surface area contributed by atoms with E-state index < -0.39 is 5.91 Å². The Bertz CT molecular complexity index is 1850. The molecular formula is C31H22N6+4. The van der Waals surface area contributed by atoms with Gasteiger partial charge in [0.25, 0.3) is 28.5 Å². The average molecular weight is 479 g/mol. The van der Waals surface area contributed by atoms with Gasteiger partial charge < -0.3 is 0 Å². The third-order valence-electron chi connectivity index (χ3n) is 7.30. The second-order valence-corrected chi connectivity index (χ2v) is 9.22. The second kappa shape index (κ2) is 7.45. The predicted molar refractivity (Wildman–Crippen MR) is 135 cm³/mol. The number of hydrogen-bond acceptors (Lipinski definition) is 2. The first-order valence-electron chi connectivity index (χ1n) is 12.4. The Kier molecular flexibility index (Phi) is 4.05. The molecule has 1 atom stereocenters. The van der Waals surface area contributed by atoms with Gasteiger partial charge in [-0.1, -0.05) is 12.1 Å². The van der Waals surface area contributed by atoms with Crippen molar-refractivity contribution in [2.45, 2.75) is 5.91 Å². The molecule has 0 amide bonds. The highest BCUT2D eigenvalue weighted by molar-refractivity contribution is 5.61. The van der Waals surface area contributed by atoms with Crippen LogP contribution in [0.4, 0.5) is 0 Å². The van der Waals surface area contributed by atoms with Crippen LogP contribution in [0.15, 0.2) is 134 Å². The molecule has 0 unspecified atom stereocenters. The largest absolute Gasteiger partial charge is 0.770 e. The van der Waals surface area contributed by atoms with Gasteiger partial charge in [-0.25, -0.2) is 9.97 Å². The molecule has 0 aromatic carbocycles. The molecule has 0 spiro atoms. The molecule has 6 nitrogen and oxygen atoms in total. The van der Waals surface area contributed by atoms with E-state index in [2.05, 4.69) is 134 Å². The summed E-state index contributed by atoms with van der Waals surface area (Å²) in [5.41, 5.74) is 8.04. The summed E-state index contributed by atoms with van der Waals surface area (Å²) in [5, 5.41) is 0. The first-order chi connectivity index (χ1) is 18.4. The van der Waals surface area contributed by atoms with Crippen molar-refractivity contribution in [1.29, 1.82) is 0 Å². The second-order valence-electron chi connectivity index (χ2n) is 9.22. The van der Waals surface area contributed by atoms with Crippen LogP contribution >= 0.6 is 0 Å². The number of aromatic nitrogens is 6. The number of hydrogen-bond donors (Lipinski definition) is 0. The van der Waals surface area contributed by atoms with Crippen LogP contribution in [-0.2, 0) is 5.91 Å². The standard InChI is InChI=1S/C31H22N6/c1-5-19-32-23(11-1)26-14-2-6-20-34(26)31-35-21-7-3-15-27(35)24-12-9-13-25(33-24)28-17-10-18-30(37(28)31)29-16-4-8-22-36(29)31/h1-22H/q+4/t31-/m1/s1. The van der Waals surface area contributed by atoms with E-state index >= 15 is 0 Å². The van der Waals surface area contributed by atoms with Crippen LogP contribution in [0.1, 0.15) is 0 Å². The van der Waals surface area contributed by atoms with Crippen LogP contribution in [0.5, 0.6) is 0 Å². The zero-order valence-electron chi connectivity index (χ0n) is 19.9. The highest BCUT2D eigenvalue weighted by Gasteiger charge is 2.79. The molecule has 6 aromatic heterocycles. The monoisotopic (exact) mass is 478 g/mol. The molecule has 2 aliphatic rings. The maximum Gasteiger partial charge on any atom is 0.770 e. The highest BCUT2D eigenvalue weighted by Crippen LogP contribution is 2.30. The van der Waals surface area contributed by atoms with Gasteiger partial charge in [-0.3, -0.25) is 0 Å². The molecule has 0 aliphatic carbocycles. The van der Waals surface area contributed by atoms with Crippen molar-refractivity contribution in [3.8, 4) is 45.6 Å². The van der Waals surface area contributed by atoms with E-state index in [9.17, 15) is 0 Å². The lowest BCUT2D eigenvalue weighted by Crippen LogP contribution is -2.96. The molecule has 2 aliphatic heterocycles. The van der Waals surface area contributed by atoms with Gasteiger partial charge in [0.05, 0.1) is 0 Å². The zero-order valence-corrected chi connectivity index (χ0v) is 19.9. The number of rotatable bonds is 2. The van der Waals surface area contributed by atoms with Crippen LogP contribution in [0.2, 0.25) is 0 Å². The third kappa shape index (κ3) is 2.59. The van der Waals surface area contributed by atoms with E-state index in [1.165, 1.54) is 0 Å². The van der Waals surface area contributed by atoms with Crippen LogP contribution in [0, 0.1) is 0 Å². The Morgan fingerprint density at radius 1 is 0.432 bits per heavy atom. The lowest BCUT2D eigenvalue weighted by molar-refractivity contribution is -1.30. The van der Waals surface area contributed by atoms with E-state index in [0.29, 0.717) is 0 Å². The van der Waals surface area contributed by atoms with Gasteiger partial charge in [0, 0.05) is 63.9 Å². The Morgan fingerprint density at radius 2 is 0.946 bits per heavy atom. The molecule has 0 saturated carbocycles. The van der Waals surface area contributed by atoms with Gasteiger partial charge in [0.15, 0.2) is 18.6 Å². The lowest BCUT2D eigenvalue weighted by atomic mass is 10.1. The van der Waals surface area contributed by atoms with Crippen molar-refractivity contribution in [3.63, 3.8) is 0 Å². The number of pyridine rings is 6. The van der Waals surface area contributed by atoms with Crippen molar-refractivity contribution in [2.75, 3.05) is 0 Å². The zero-order chi connectivity index (χ0) is 24.4. The molecular weight excluding hydrogens is 456 g/mol. The molecule has 0 N–H and O–H groups in total. The van der Waals surface area contributed by atoms with Crippen molar-refractivity contribution < 1.29 is 18.3 Å². The fraction of sp³-hybridized carbons (Fsp3) is 0.0323. The van der Waals surface area contributed by atoms with Gasteiger partial charge in [-0.15, -0.1) is 0 Å². The topological polar surface area (TPSA) is 41.3 Å². The fourth-order valence-corrected chi connectivity index (χ4v) is 5.88. The van der Waals surface area contributed by atoms with Gasteiger partial charge in [-0.2, -0.15) is 0 Å². The van der Waals surface area contributed by atoms with Crippen LogP contribution in [0.25, 0.3) is 45.6 Å². The van der Waals surface area contributed by atoms with E-state index in [1.807, 2.05) is 18.3 Å². The Balaban J connectivity index is 1.65. The predicted octanol–water partition coefficient (Wildman–Crippen LogP) is 3.13. The van der Waals surface area contributed by atoms with E-state index in [1.54, 1.807) is 0 Å².